The summed E-state index contributed by atoms with van der Waals surface area (Å²) in [5.41, 5.74) is 5.43. The second-order valence-corrected chi connectivity index (χ2v) is 7.41. The average molecular weight is 359 g/mol. The lowest BCUT2D eigenvalue weighted by atomic mass is 10.2. The molecule has 0 saturated heterocycles. The first-order valence-corrected chi connectivity index (χ1v) is 9.23. The van der Waals surface area contributed by atoms with E-state index < -0.39 is 0 Å². The quantitative estimate of drug-likeness (QED) is 0.464. The number of hydrogen-bond donors (Lipinski definition) is 2. The van der Waals surface area contributed by atoms with Crippen LogP contribution in [0.1, 0.15) is 5.69 Å². The van der Waals surface area contributed by atoms with E-state index in [1.54, 1.807) is 17.5 Å². The Morgan fingerprint density at radius 2 is 2.08 bits per heavy atom. The van der Waals surface area contributed by atoms with E-state index in [1.807, 2.05) is 29.9 Å². The monoisotopic (exact) mass is 359 g/mol. The van der Waals surface area contributed by atoms with Crippen molar-refractivity contribution >= 4 is 43.8 Å². The molecule has 0 aliphatic carbocycles. The number of H-pyrrole nitrogens is 1. The van der Waals surface area contributed by atoms with E-state index in [4.69, 9.17) is 4.98 Å². The molecule has 0 amide bonds. The van der Waals surface area contributed by atoms with Gasteiger partial charge in [-0.2, -0.15) is 0 Å². The molecular weight excluding hydrogens is 342 g/mol. The molecule has 5 aromatic rings. The van der Waals surface area contributed by atoms with Gasteiger partial charge in [-0.25, -0.2) is 9.97 Å². The number of aromatic amines is 1. The fourth-order valence-electron chi connectivity index (χ4n) is 3.23. The molecule has 3 aromatic heterocycles. The molecule has 0 aliphatic rings. The van der Waals surface area contributed by atoms with Crippen LogP contribution in [0.15, 0.2) is 54.9 Å². The Bertz CT molecular complexity index is 1240. The Morgan fingerprint density at radius 3 is 2.92 bits per heavy atom. The number of nitrogens with one attached hydrogen (secondary N) is 2. The van der Waals surface area contributed by atoms with Crippen LogP contribution in [0.5, 0.6) is 0 Å². The minimum atomic E-state index is 0.890. The van der Waals surface area contributed by atoms with Crippen molar-refractivity contribution in [1.82, 2.24) is 19.5 Å². The number of aromatic nitrogens is 4. The Labute approximate surface area is 154 Å². The maximum atomic E-state index is 4.76. The number of imidazole rings is 1. The summed E-state index contributed by atoms with van der Waals surface area (Å²) in [5.74, 6) is 0.890. The molecule has 5 nitrogen and oxygen atoms in total. The number of rotatable bonds is 3. The van der Waals surface area contributed by atoms with Crippen molar-refractivity contribution in [2.75, 3.05) is 5.32 Å². The summed E-state index contributed by atoms with van der Waals surface area (Å²) in [4.78, 5) is 12.5. The van der Waals surface area contributed by atoms with Crippen molar-refractivity contribution < 1.29 is 0 Å². The molecule has 0 radical (unpaired) electrons. The zero-order valence-corrected chi connectivity index (χ0v) is 15.3. The molecule has 2 N–H and O–H groups in total. The Morgan fingerprint density at radius 1 is 1.15 bits per heavy atom. The average Bonchev–Trinajstić information content (AvgIpc) is 3.31. The first-order chi connectivity index (χ1) is 12.7. The summed E-state index contributed by atoms with van der Waals surface area (Å²) < 4.78 is 3.13. The van der Waals surface area contributed by atoms with Gasteiger partial charge in [0.25, 0.3) is 0 Å². The highest BCUT2D eigenvalue weighted by molar-refractivity contribution is 7.22. The number of nitrogens with zero attached hydrogens (tertiary/aromatic N) is 3. The van der Waals surface area contributed by atoms with Gasteiger partial charge in [0.05, 0.1) is 15.9 Å². The van der Waals surface area contributed by atoms with Crippen molar-refractivity contribution in [2.45, 2.75) is 6.92 Å². The molecular formula is C20H17N5S. The van der Waals surface area contributed by atoms with E-state index in [2.05, 4.69) is 52.5 Å². The summed E-state index contributed by atoms with van der Waals surface area (Å²) in [5, 5.41) is 5.69. The van der Waals surface area contributed by atoms with E-state index >= 15 is 0 Å². The van der Waals surface area contributed by atoms with E-state index in [9.17, 15) is 0 Å². The van der Waals surface area contributed by atoms with E-state index in [1.165, 1.54) is 11.1 Å². The van der Waals surface area contributed by atoms with Crippen LogP contribution < -0.4 is 5.32 Å². The van der Waals surface area contributed by atoms with E-state index in [0.29, 0.717) is 0 Å². The Kier molecular flexibility index (Phi) is 3.33. The van der Waals surface area contributed by atoms with Crippen LogP contribution in [0.25, 0.3) is 32.0 Å². The third-order valence-electron chi connectivity index (χ3n) is 4.46. The number of anilines is 2. The van der Waals surface area contributed by atoms with E-state index in [-0.39, 0.29) is 0 Å². The molecule has 0 bridgehead atoms. The van der Waals surface area contributed by atoms with E-state index in [0.717, 1.165) is 37.9 Å². The minimum absolute atomic E-state index is 0.890. The van der Waals surface area contributed by atoms with Gasteiger partial charge in [-0.1, -0.05) is 6.07 Å². The zero-order valence-electron chi connectivity index (χ0n) is 14.4. The Hall–Kier alpha value is -3.12. The zero-order chi connectivity index (χ0) is 17.7. The van der Waals surface area contributed by atoms with Crippen molar-refractivity contribution in [1.29, 1.82) is 0 Å². The van der Waals surface area contributed by atoms with Crippen LogP contribution in [0.2, 0.25) is 0 Å². The van der Waals surface area contributed by atoms with Gasteiger partial charge in [0.15, 0.2) is 10.8 Å². The molecule has 3 heterocycles. The highest BCUT2D eigenvalue weighted by Crippen LogP contribution is 2.35. The third kappa shape index (κ3) is 2.46. The molecule has 0 aliphatic heterocycles. The maximum Gasteiger partial charge on any atom is 0.168 e. The van der Waals surface area contributed by atoms with Gasteiger partial charge in [0.2, 0.25) is 0 Å². The van der Waals surface area contributed by atoms with Crippen LogP contribution >= 0.6 is 11.3 Å². The molecule has 128 valence electrons. The molecule has 5 rings (SSSR count). The highest BCUT2D eigenvalue weighted by Gasteiger charge is 2.13. The molecule has 6 heteroatoms. The summed E-state index contributed by atoms with van der Waals surface area (Å²) in [6.07, 6.45) is 3.74. The minimum Gasteiger partial charge on any atom is -0.359 e. The second kappa shape index (κ2) is 5.71. The lowest BCUT2D eigenvalue weighted by molar-refractivity contribution is 0.923. The van der Waals surface area contributed by atoms with Gasteiger partial charge in [-0.05, 0) is 43.3 Å². The number of fused-ring (bicyclic) bond motifs is 2. The lowest BCUT2D eigenvalue weighted by Crippen LogP contribution is -1.90. The molecule has 0 unspecified atom stereocenters. The summed E-state index contributed by atoms with van der Waals surface area (Å²) >= 11 is 1.66. The van der Waals surface area contributed by atoms with Crippen LogP contribution in [0.4, 0.5) is 11.4 Å². The second-order valence-electron chi connectivity index (χ2n) is 6.41. The standard InChI is InChI=1S/C20H17N5S/c1-12-10-13-11-14(6-7-15(13)22-12)23-16-4-3-5-17-18(16)26-20(24-17)19-21-8-9-25(19)2/h3-11,22-23H,1-2H3. The fourth-order valence-corrected chi connectivity index (χ4v) is 4.30. The van der Waals surface area contributed by atoms with Gasteiger partial charge >= 0.3 is 0 Å². The lowest BCUT2D eigenvalue weighted by Gasteiger charge is -2.07. The van der Waals surface area contributed by atoms with Crippen LogP contribution in [-0.4, -0.2) is 19.5 Å². The SMILES string of the molecule is Cc1cc2cc(Nc3cccc4nc(-c5nccn5C)sc34)ccc2[nH]1. The molecule has 0 fully saturated rings. The van der Waals surface area contributed by atoms with Gasteiger partial charge in [-0.3, -0.25) is 0 Å². The molecule has 26 heavy (non-hydrogen) atoms. The number of thiazole rings is 1. The smallest absolute Gasteiger partial charge is 0.168 e. The van der Waals surface area contributed by atoms with Gasteiger partial charge < -0.3 is 14.9 Å². The predicted molar refractivity (Wildman–Crippen MR) is 108 cm³/mol. The van der Waals surface area contributed by atoms with Crippen LogP contribution in [-0.2, 0) is 7.05 Å². The van der Waals surface area contributed by atoms with Crippen LogP contribution in [0.3, 0.4) is 0 Å². The molecule has 0 atom stereocenters. The summed E-state index contributed by atoms with van der Waals surface area (Å²) in [6, 6.07) is 14.7. The van der Waals surface area contributed by atoms with Gasteiger partial charge in [0.1, 0.15) is 0 Å². The van der Waals surface area contributed by atoms with Crippen LogP contribution in [0, 0.1) is 6.92 Å². The van der Waals surface area contributed by atoms with Gasteiger partial charge in [0, 0.05) is 41.7 Å². The highest BCUT2D eigenvalue weighted by atomic mass is 32.1. The third-order valence-corrected chi connectivity index (χ3v) is 5.56. The topological polar surface area (TPSA) is 58.5 Å². The number of aryl methyl sites for hydroxylation is 2. The van der Waals surface area contributed by atoms with Crippen molar-refractivity contribution in [3.8, 4) is 10.8 Å². The Balaban J connectivity index is 1.57. The largest absolute Gasteiger partial charge is 0.359 e. The number of benzene rings is 2. The number of hydrogen-bond acceptors (Lipinski definition) is 4. The fraction of sp³-hybridized carbons (Fsp3) is 0.100. The van der Waals surface area contributed by atoms with Crippen molar-refractivity contribution in [3.63, 3.8) is 0 Å². The van der Waals surface area contributed by atoms with Gasteiger partial charge in [-0.15, -0.1) is 11.3 Å². The first-order valence-electron chi connectivity index (χ1n) is 8.41. The maximum absolute atomic E-state index is 4.76. The normalized spacial score (nSPS) is 11.5. The summed E-state index contributed by atoms with van der Waals surface area (Å²) in [7, 11) is 1.99. The molecule has 0 saturated carbocycles. The predicted octanol–water partition coefficient (Wildman–Crippen LogP) is 5.23. The summed E-state index contributed by atoms with van der Waals surface area (Å²) in [6.45, 7) is 2.07. The molecule has 0 spiro atoms. The molecule has 2 aromatic carbocycles. The van der Waals surface area contributed by atoms with Crippen molar-refractivity contribution in [3.05, 3.63) is 60.6 Å². The first kappa shape index (κ1) is 15.2. The van der Waals surface area contributed by atoms with Crippen molar-refractivity contribution in [2.24, 2.45) is 7.05 Å².